The zero-order valence-electron chi connectivity index (χ0n) is 15.9. The summed E-state index contributed by atoms with van der Waals surface area (Å²) in [6.07, 6.45) is 1.01. The molecule has 1 aliphatic rings. The predicted octanol–water partition coefficient (Wildman–Crippen LogP) is 3.59. The van der Waals surface area contributed by atoms with E-state index in [4.69, 9.17) is 0 Å². The van der Waals surface area contributed by atoms with Gasteiger partial charge in [0.15, 0.2) is 0 Å². The van der Waals surface area contributed by atoms with Crippen LogP contribution in [0.25, 0.3) is 0 Å². The SMILES string of the molecule is Cc1cc(C)c(C(=O)O)cc1CN1CCCN(c2ccccc2C#N)CC1. The standard InChI is InChI=1S/C22H25N3O2/c1-16-12-17(2)20(22(26)27)13-19(16)15-24-8-5-9-25(11-10-24)21-7-4-3-6-18(21)14-23/h3-4,6-7,12-13H,5,8-11,15H2,1-2H3,(H,26,27). The first-order valence-electron chi connectivity index (χ1n) is 9.29. The van der Waals surface area contributed by atoms with E-state index in [1.807, 2.05) is 50.2 Å². The Bertz CT molecular complexity index is 886. The molecule has 27 heavy (non-hydrogen) atoms. The molecule has 0 unspecified atom stereocenters. The number of hydrogen-bond donors (Lipinski definition) is 1. The monoisotopic (exact) mass is 363 g/mol. The zero-order valence-corrected chi connectivity index (χ0v) is 15.9. The Labute approximate surface area is 160 Å². The molecule has 140 valence electrons. The van der Waals surface area contributed by atoms with Crippen LogP contribution in [-0.2, 0) is 6.54 Å². The maximum Gasteiger partial charge on any atom is 0.335 e. The van der Waals surface area contributed by atoms with E-state index in [9.17, 15) is 15.2 Å². The number of benzene rings is 2. The van der Waals surface area contributed by atoms with Crippen LogP contribution in [0.15, 0.2) is 36.4 Å². The van der Waals surface area contributed by atoms with Crippen molar-refractivity contribution in [3.8, 4) is 6.07 Å². The number of hydrogen-bond acceptors (Lipinski definition) is 4. The summed E-state index contributed by atoms with van der Waals surface area (Å²) in [5.74, 6) is -0.871. The van der Waals surface area contributed by atoms with Crippen molar-refractivity contribution in [3.63, 3.8) is 0 Å². The van der Waals surface area contributed by atoms with Gasteiger partial charge in [0.2, 0.25) is 0 Å². The number of aromatic carboxylic acids is 1. The molecule has 3 rings (SSSR count). The number of carboxylic acid groups (broad SMARTS) is 1. The molecule has 0 saturated carbocycles. The fraction of sp³-hybridized carbons (Fsp3) is 0.364. The van der Waals surface area contributed by atoms with E-state index < -0.39 is 5.97 Å². The molecule has 0 spiro atoms. The van der Waals surface area contributed by atoms with Gasteiger partial charge in [-0.2, -0.15) is 5.26 Å². The quantitative estimate of drug-likeness (QED) is 0.899. The van der Waals surface area contributed by atoms with Gasteiger partial charge in [-0.15, -0.1) is 0 Å². The van der Waals surface area contributed by atoms with Crippen LogP contribution in [0.1, 0.15) is 39.0 Å². The summed E-state index contributed by atoms with van der Waals surface area (Å²) in [4.78, 5) is 16.1. The molecule has 1 aliphatic heterocycles. The number of carbonyl (C=O) groups is 1. The van der Waals surface area contributed by atoms with Crippen LogP contribution in [0, 0.1) is 25.2 Å². The van der Waals surface area contributed by atoms with E-state index in [-0.39, 0.29) is 0 Å². The van der Waals surface area contributed by atoms with Gasteiger partial charge in [-0.25, -0.2) is 4.79 Å². The molecule has 0 radical (unpaired) electrons. The Morgan fingerprint density at radius 1 is 1.11 bits per heavy atom. The topological polar surface area (TPSA) is 67.6 Å². The second-order valence-electron chi connectivity index (χ2n) is 7.14. The summed E-state index contributed by atoms with van der Waals surface area (Å²) in [6, 6.07) is 13.8. The average Bonchev–Trinajstić information content (AvgIpc) is 2.89. The Morgan fingerprint density at radius 2 is 1.89 bits per heavy atom. The van der Waals surface area contributed by atoms with Gasteiger partial charge in [0.1, 0.15) is 6.07 Å². The maximum absolute atomic E-state index is 11.4. The lowest BCUT2D eigenvalue weighted by Crippen LogP contribution is -2.31. The van der Waals surface area contributed by atoms with Crippen molar-refractivity contribution in [3.05, 3.63) is 64.2 Å². The lowest BCUT2D eigenvalue weighted by Gasteiger charge is -2.25. The summed E-state index contributed by atoms with van der Waals surface area (Å²) in [5.41, 5.74) is 5.11. The number of anilines is 1. The first-order chi connectivity index (χ1) is 13.0. The molecule has 0 amide bonds. The average molecular weight is 363 g/mol. The van der Waals surface area contributed by atoms with E-state index in [1.165, 1.54) is 0 Å². The van der Waals surface area contributed by atoms with Crippen molar-refractivity contribution in [2.45, 2.75) is 26.8 Å². The third kappa shape index (κ3) is 4.29. The highest BCUT2D eigenvalue weighted by molar-refractivity contribution is 5.89. The summed E-state index contributed by atoms with van der Waals surface area (Å²) in [5, 5.41) is 18.8. The lowest BCUT2D eigenvalue weighted by atomic mass is 9.99. The fourth-order valence-corrected chi connectivity index (χ4v) is 3.75. The van der Waals surface area contributed by atoms with Gasteiger partial charge < -0.3 is 10.0 Å². The van der Waals surface area contributed by atoms with Gasteiger partial charge in [-0.05, 0) is 55.2 Å². The van der Waals surface area contributed by atoms with Gasteiger partial charge in [0.25, 0.3) is 0 Å². The summed E-state index contributed by atoms with van der Waals surface area (Å²) >= 11 is 0. The molecule has 0 bridgehead atoms. The Kier molecular flexibility index (Phi) is 5.78. The second-order valence-corrected chi connectivity index (χ2v) is 7.14. The number of nitriles is 1. The predicted molar refractivity (Wildman–Crippen MR) is 106 cm³/mol. The number of nitrogens with zero attached hydrogens (tertiary/aromatic N) is 3. The molecular formula is C22H25N3O2. The molecule has 0 atom stereocenters. The molecule has 1 heterocycles. The second kappa shape index (κ2) is 8.24. The minimum atomic E-state index is -0.871. The molecular weight excluding hydrogens is 338 g/mol. The highest BCUT2D eigenvalue weighted by Crippen LogP contribution is 2.23. The van der Waals surface area contributed by atoms with Crippen molar-refractivity contribution in [2.24, 2.45) is 0 Å². The van der Waals surface area contributed by atoms with Gasteiger partial charge in [-0.1, -0.05) is 18.2 Å². The van der Waals surface area contributed by atoms with Crippen molar-refractivity contribution in [1.82, 2.24) is 4.90 Å². The van der Waals surface area contributed by atoms with Crippen LogP contribution < -0.4 is 4.90 Å². The Hall–Kier alpha value is -2.84. The van der Waals surface area contributed by atoms with E-state index in [0.717, 1.165) is 61.5 Å². The van der Waals surface area contributed by atoms with Crippen LogP contribution in [-0.4, -0.2) is 42.2 Å². The summed E-state index contributed by atoms with van der Waals surface area (Å²) < 4.78 is 0. The summed E-state index contributed by atoms with van der Waals surface area (Å²) in [7, 11) is 0. The maximum atomic E-state index is 11.4. The molecule has 5 heteroatoms. The number of carboxylic acids is 1. The third-order valence-electron chi connectivity index (χ3n) is 5.26. The normalized spacial score (nSPS) is 15.2. The minimum Gasteiger partial charge on any atom is -0.478 e. The van der Waals surface area contributed by atoms with Crippen LogP contribution in [0.2, 0.25) is 0 Å². The molecule has 2 aromatic carbocycles. The molecule has 0 aromatic heterocycles. The fourth-order valence-electron chi connectivity index (χ4n) is 3.75. The van der Waals surface area contributed by atoms with Crippen molar-refractivity contribution < 1.29 is 9.90 Å². The number of rotatable bonds is 4. The van der Waals surface area contributed by atoms with Gasteiger partial charge in [0, 0.05) is 32.7 Å². The van der Waals surface area contributed by atoms with Gasteiger partial charge in [-0.3, -0.25) is 4.90 Å². The van der Waals surface area contributed by atoms with Crippen molar-refractivity contribution in [1.29, 1.82) is 5.26 Å². The van der Waals surface area contributed by atoms with E-state index in [2.05, 4.69) is 15.9 Å². The van der Waals surface area contributed by atoms with Crippen LogP contribution >= 0.6 is 0 Å². The van der Waals surface area contributed by atoms with E-state index >= 15 is 0 Å². The molecule has 0 aliphatic carbocycles. The first-order valence-corrected chi connectivity index (χ1v) is 9.29. The highest BCUT2D eigenvalue weighted by atomic mass is 16.4. The van der Waals surface area contributed by atoms with Crippen LogP contribution in [0.4, 0.5) is 5.69 Å². The molecule has 1 N–H and O–H groups in total. The van der Waals surface area contributed by atoms with Crippen LogP contribution in [0.5, 0.6) is 0 Å². The molecule has 5 nitrogen and oxygen atoms in total. The highest BCUT2D eigenvalue weighted by Gasteiger charge is 2.19. The Balaban J connectivity index is 1.73. The zero-order chi connectivity index (χ0) is 19.4. The third-order valence-corrected chi connectivity index (χ3v) is 5.26. The van der Waals surface area contributed by atoms with Crippen molar-refractivity contribution in [2.75, 3.05) is 31.1 Å². The molecule has 2 aromatic rings. The number of para-hydroxylation sites is 1. The lowest BCUT2D eigenvalue weighted by molar-refractivity contribution is 0.0696. The smallest absolute Gasteiger partial charge is 0.335 e. The van der Waals surface area contributed by atoms with Gasteiger partial charge >= 0.3 is 5.97 Å². The Morgan fingerprint density at radius 3 is 2.63 bits per heavy atom. The summed E-state index contributed by atoms with van der Waals surface area (Å²) in [6.45, 7) is 8.26. The molecule has 1 fully saturated rings. The van der Waals surface area contributed by atoms with Crippen LogP contribution in [0.3, 0.4) is 0 Å². The van der Waals surface area contributed by atoms with Gasteiger partial charge in [0.05, 0.1) is 16.8 Å². The first kappa shape index (κ1) is 18.9. The molecule has 1 saturated heterocycles. The number of aryl methyl sites for hydroxylation is 2. The largest absolute Gasteiger partial charge is 0.478 e. The van der Waals surface area contributed by atoms with E-state index in [1.54, 1.807) is 0 Å². The van der Waals surface area contributed by atoms with E-state index in [0.29, 0.717) is 11.1 Å². The van der Waals surface area contributed by atoms with Crippen molar-refractivity contribution >= 4 is 11.7 Å². The minimum absolute atomic E-state index is 0.384.